The lowest BCUT2D eigenvalue weighted by Gasteiger charge is -2.35. The Morgan fingerprint density at radius 1 is 0.917 bits per heavy atom. The lowest BCUT2D eigenvalue weighted by Crippen LogP contribution is -2.23. The standard InChI is InChI=1S/C21H27F3/c1-2-3-14-4-6-15(7-5-14)16-8-10-17(11-9-16)21-19(23)12-18(22)13-20(21)24/h10,12-16H,2-9,11H2,1H3. The van der Waals surface area contributed by atoms with Crippen LogP contribution in [0.2, 0.25) is 0 Å². The summed E-state index contributed by atoms with van der Waals surface area (Å²) in [5, 5.41) is 0. The number of hydrogen-bond acceptors (Lipinski definition) is 0. The van der Waals surface area contributed by atoms with Crippen molar-refractivity contribution in [1.29, 1.82) is 0 Å². The molecule has 1 aromatic carbocycles. The number of halogens is 3. The lowest BCUT2D eigenvalue weighted by molar-refractivity contribution is 0.189. The van der Waals surface area contributed by atoms with E-state index < -0.39 is 17.5 Å². The Labute approximate surface area is 143 Å². The summed E-state index contributed by atoms with van der Waals surface area (Å²) in [5.74, 6) is -0.105. The second kappa shape index (κ2) is 7.76. The van der Waals surface area contributed by atoms with Gasteiger partial charge in [-0.25, -0.2) is 13.2 Å². The fourth-order valence-corrected chi connectivity index (χ4v) is 4.72. The van der Waals surface area contributed by atoms with Crippen LogP contribution in [0.4, 0.5) is 13.2 Å². The van der Waals surface area contributed by atoms with Crippen molar-refractivity contribution < 1.29 is 13.2 Å². The molecule has 0 nitrogen and oxygen atoms in total. The molecular weight excluding hydrogens is 309 g/mol. The SMILES string of the molecule is CCCC1CCC(C2CC=C(c3c(F)cc(F)cc3F)CC2)CC1. The molecule has 0 aliphatic heterocycles. The van der Waals surface area contributed by atoms with Crippen LogP contribution >= 0.6 is 0 Å². The van der Waals surface area contributed by atoms with E-state index in [0.29, 0.717) is 17.9 Å². The summed E-state index contributed by atoms with van der Waals surface area (Å²) < 4.78 is 41.0. The first-order valence-corrected chi connectivity index (χ1v) is 9.42. The Hall–Kier alpha value is -1.25. The molecule has 0 amide bonds. The molecule has 1 saturated carbocycles. The summed E-state index contributed by atoms with van der Waals surface area (Å²) in [7, 11) is 0. The first-order valence-electron chi connectivity index (χ1n) is 9.42. The fraction of sp³-hybridized carbons (Fsp3) is 0.619. The topological polar surface area (TPSA) is 0 Å². The highest BCUT2D eigenvalue weighted by Crippen LogP contribution is 2.42. The van der Waals surface area contributed by atoms with Crippen LogP contribution in [0.3, 0.4) is 0 Å². The third kappa shape index (κ3) is 3.87. The van der Waals surface area contributed by atoms with Crippen molar-refractivity contribution in [3.05, 3.63) is 41.2 Å². The zero-order valence-corrected chi connectivity index (χ0v) is 14.5. The predicted molar refractivity (Wildman–Crippen MR) is 92.0 cm³/mol. The van der Waals surface area contributed by atoms with Crippen LogP contribution in [-0.2, 0) is 0 Å². The van der Waals surface area contributed by atoms with Gasteiger partial charge in [-0.3, -0.25) is 0 Å². The van der Waals surface area contributed by atoms with Gasteiger partial charge in [0, 0.05) is 17.7 Å². The van der Waals surface area contributed by atoms with Gasteiger partial charge in [-0.05, 0) is 55.4 Å². The van der Waals surface area contributed by atoms with Crippen LogP contribution in [0, 0.1) is 35.2 Å². The van der Waals surface area contributed by atoms with Gasteiger partial charge in [0.25, 0.3) is 0 Å². The first-order chi connectivity index (χ1) is 11.6. The van der Waals surface area contributed by atoms with E-state index in [-0.39, 0.29) is 5.56 Å². The Morgan fingerprint density at radius 2 is 1.58 bits per heavy atom. The molecule has 1 fully saturated rings. The molecular formula is C21H27F3. The summed E-state index contributed by atoms with van der Waals surface area (Å²) in [6.07, 6.45) is 12.5. The summed E-state index contributed by atoms with van der Waals surface area (Å²) in [4.78, 5) is 0. The van der Waals surface area contributed by atoms with E-state index in [1.54, 1.807) is 0 Å². The van der Waals surface area contributed by atoms with Gasteiger partial charge in [0.1, 0.15) is 17.5 Å². The smallest absolute Gasteiger partial charge is 0.136 e. The molecule has 2 aliphatic rings. The highest BCUT2D eigenvalue weighted by atomic mass is 19.1. The van der Waals surface area contributed by atoms with E-state index in [2.05, 4.69) is 6.92 Å². The minimum Gasteiger partial charge on any atom is -0.207 e. The molecule has 1 unspecified atom stereocenters. The summed E-state index contributed by atoms with van der Waals surface area (Å²) in [6.45, 7) is 2.26. The Bertz CT molecular complexity index is 574. The average molecular weight is 336 g/mol. The summed E-state index contributed by atoms with van der Waals surface area (Å²) in [6, 6.07) is 1.56. The van der Waals surface area contributed by atoms with Crippen molar-refractivity contribution >= 4 is 5.57 Å². The highest BCUT2D eigenvalue weighted by molar-refractivity contribution is 5.67. The molecule has 132 valence electrons. The Kier molecular flexibility index (Phi) is 5.68. The van der Waals surface area contributed by atoms with Crippen LogP contribution in [0.1, 0.15) is 70.3 Å². The van der Waals surface area contributed by atoms with Gasteiger partial charge in [-0.2, -0.15) is 0 Å². The minimum atomic E-state index is -0.855. The van der Waals surface area contributed by atoms with Crippen molar-refractivity contribution in [2.45, 2.75) is 64.7 Å². The van der Waals surface area contributed by atoms with Gasteiger partial charge >= 0.3 is 0 Å². The maximum Gasteiger partial charge on any atom is 0.136 e. The third-order valence-corrected chi connectivity index (χ3v) is 6.03. The zero-order chi connectivity index (χ0) is 17.1. The number of benzene rings is 1. The predicted octanol–water partition coefficient (Wildman–Crippen LogP) is 6.89. The highest BCUT2D eigenvalue weighted by Gasteiger charge is 2.29. The molecule has 0 spiro atoms. The van der Waals surface area contributed by atoms with Crippen molar-refractivity contribution in [3.63, 3.8) is 0 Å². The van der Waals surface area contributed by atoms with Gasteiger partial charge in [0.2, 0.25) is 0 Å². The summed E-state index contributed by atoms with van der Waals surface area (Å²) in [5.41, 5.74) is 0.683. The molecule has 0 heterocycles. The van der Waals surface area contributed by atoms with E-state index >= 15 is 0 Å². The molecule has 3 rings (SSSR count). The van der Waals surface area contributed by atoms with E-state index in [1.807, 2.05) is 6.08 Å². The van der Waals surface area contributed by atoms with Gasteiger partial charge < -0.3 is 0 Å². The normalized spacial score (nSPS) is 27.8. The second-order valence-electron chi connectivity index (χ2n) is 7.58. The molecule has 1 aromatic rings. The van der Waals surface area contributed by atoms with E-state index in [1.165, 1.54) is 38.5 Å². The van der Waals surface area contributed by atoms with Gasteiger partial charge in [-0.1, -0.05) is 38.7 Å². The van der Waals surface area contributed by atoms with Gasteiger partial charge in [0.05, 0.1) is 0 Å². The fourth-order valence-electron chi connectivity index (χ4n) is 4.72. The maximum atomic E-state index is 13.9. The Morgan fingerprint density at radius 3 is 2.12 bits per heavy atom. The minimum absolute atomic E-state index is 0.0264. The molecule has 0 aromatic heterocycles. The molecule has 24 heavy (non-hydrogen) atoms. The monoisotopic (exact) mass is 336 g/mol. The number of rotatable bonds is 4. The van der Waals surface area contributed by atoms with Crippen molar-refractivity contribution in [2.24, 2.45) is 17.8 Å². The molecule has 2 aliphatic carbocycles. The zero-order valence-electron chi connectivity index (χ0n) is 14.5. The Balaban J connectivity index is 1.63. The average Bonchev–Trinajstić information content (AvgIpc) is 2.56. The lowest BCUT2D eigenvalue weighted by atomic mass is 9.70. The molecule has 0 N–H and O–H groups in total. The largest absolute Gasteiger partial charge is 0.207 e. The second-order valence-corrected chi connectivity index (χ2v) is 7.58. The van der Waals surface area contributed by atoms with E-state index in [0.717, 1.165) is 36.8 Å². The third-order valence-electron chi connectivity index (χ3n) is 6.03. The van der Waals surface area contributed by atoms with Crippen molar-refractivity contribution in [1.82, 2.24) is 0 Å². The molecule has 0 saturated heterocycles. The van der Waals surface area contributed by atoms with Crippen molar-refractivity contribution in [2.75, 3.05) is 0 Å². The van der Waals surface area contributed by atoms with Crippen LogP contribution < -0.4 is 0 Å². The van der Waals surface area contributed by atoms with Crippen LogP contribution in [-0.4, -0.2) is 0 Å². The van der Waals surface area contributed by atoms with Gasteiger partial charge in [0.15, 0.2) is 0 Å². The maximum absolute atomic E-state index is 13.9. The van der Waals surface area contributed by atoms with Crippen molar-refractivity contribution in [3.8, 4) is 0 Å². The van der Waals surface area contributed by atoms with Crippen LogP contribution in [0.15, 0.2) is 18.2 Å². The van der Waals surface area contributed by atoms with Crippen LogP contribution in [0.5, 0.6) is 0 Å². The molecule has 1 atom stereocenters. The van der Waals surface area contributed by atoms with E-state index in [9.17, 15) is 13.2 Å². The van der Waals surface area contributed by atoms with E-state index in [4.69, 9.17) is 0 Å². The molecule has 0 radical (unpaired) electrons. The number of hydrogen-bond donors (Lipinski definition) is 0. The quantitative estimate of drug-likeness (QED) is 0.561. The number of allylic oxidation sites excluding steroid dienone is 2. The first kappa shape index (κ1) is 17.6. The summed E-state index contributed by atoms with van der Waals surface area (Å²) >= 11 is 0. The molecule has 3 heteroatoms. The molecule has 0 bridgehead atoms. The van der Waals surface area contributed by atoms with Gasteiger partial charge in [-0.15, -0.1) is 0 Å². The van der Waals surface area contributed by atoms with Crippen LogP contribution in [0.25, 0.3) is 5.57 Å².